The Morgan fingerprint density at radius 1 is 0.718 bits per heavy atom. The van der Waals surface area contributed by atoms with E-state index in [9.17, 15) is 4.79 Å². The largest absolute Gasteiger partial charge is 0.493 e. The number of carbonyl (C=O) groups is 1. The van der Waals surface area contributed by atoms with Crippen molar-refractivity contribution in [2.24, 2.45) is 0 Å². The minimum atomic E-state index is -0.167. The number of nitrogens with zero attached hydrogens (tertiary/aromatic N) is 1. The molecule has 2 aromatic rings. The van der Waals surface area contributed by atoms with E-state index in [2.05, 4.69) is 64.3 Å². The Balaban J connectivity index is 1.61. The van der Waals surface area contributed by atoms with Gasteiger partial charge >= 0.3 is 5.97 Å². The summed E-state index contributed by atoms with van der Waals surface area (Å²) in [7, 11) is 4.23. The molecule has 0 aliphatic heterocycles. The average Bonchev–Trinajstić information content (AvgIpc) is 2.92. The minimum absolute atomic E-state index is 0.0961. The lowest BCUT2D eigenvalue weighted by Gasteiger charge is -2.36. The molecule has 0 saturated carbocycles. The molecule has 0 amide bonds. The molecule has 1 atom stereocenters. The maximum atomic E-state index is 12.9. The molecule has 0 spiro atoms. The molecule has 0 fully saturated rings. The monoisotopic (exact) mass is 538 g/mol. The highest BCUT2D eigenvalue weighted by Crippen LogP contribution is 2.22. The molecule has 2 aromatic carbocycles. The van der Waals surface area contributed by atoms with Crippen molar-refractivity contribution in [2.45, 2.75) is 116 Å². The molecule has 0 aromatic heterocycles. The van der Waals surface area contributed by atoms with Crippen molar-refractivity contribution in [3.05, 3.63) is 65.7 Å². The predicted molar refractivity (Wildman–Crippen MR) is 164 cm³/mol. The second-order valence-electron chi connectivity index (χ2n) is 11.6. The van der Waals surface area contributed by atoms with Crippen LogP contribution >= 0.6 is 0 Å². The van der Waals surface area contributed by atoms with Crippen LogP contribution in [0.3, 0.4) is 0 Å². The third kappa shape index (κ3) is 13.5. The lowest BCUT2D eigenvalue weighted by atomic mass is 10.0. The van der Waals surface area contributed by atoms with Crippen molar-refractivity contribution in [1.29, 1.82) is 0 Å². The Labute approximate surface area is 239 Å². The number of unbranched alkanes of at least 4 members (excludes halogenated alkanes) is 10. The van der Waals surface area contributed by atoms with Gasteiger partial charge in [-0.1, -0.05) is 120 Å². The number of hydrogen-bond donors (Lipinski definition) is 0. The molecule has 0 bridgehead atoms. The van der Waals surface area contributed by atoms with E-state index >= 15 is 0 Å². The second kappa shape index (κ2) is 19.7. The highest BCUT2D eigenvalue weighted by atomic mass is 16.5. The van der Waals surface area contributed by atoms with E-state index in [-0.39, 0.29) is 12.0 Å². The van der Waals surface area contributed by atoms with Gasteiger partial charge in [-0.3, -0.25) is 0 Å². The van der Waals surface area contributed by atoms with Crippen molar-refractivity contribution in [3.8, 4) is 5.75 Å². The molecule has 0 N–H and O–H groups in total. The third-order valence-corrected chi connectivity index (χ3v) is 7.75. The Hall–Kier alpha value is -2.33. The molecule has 1 unspecified atom stereocenters. The molecule has 39 heavy (non-hydrogen) atoms. The number of hydrogen-bond acceptors (Lipinski definition) is 3. The fraction of sp³-hybridized carbons (Fsp3) is 0.629. The number of esters is 1. The molecule has 4 nitrogen and oxygen atoms in total. The Morgan fingerprint density at radius 3 is 1.97 bits per heavy atom. The summed E-state index contributed by atoms with van der Waals surface area (Å²) in [5.74, 6) is 0.914. The first kappa shape index (κ1) is 32.9. The Morgan fingerprint density at radius 2 is 1.31 bits per heavy atom. The number of benzene rings is 2. The van der Waals surface area contributed by atoms with Crippen LogP contribution in [0, 0.1) is 0 Å². The fourth-order valence-corrected chi connectivity index (χ4v) is 5.42. The molecule has 0 radical (unpaired) electrons. The Kier molecular flexibility index (Phi) is 16.6. The van der Waals surface area contributed by atoms with Crippen molar-refractivity contribution in [3.63, 3.8) is 0 Å². The van der Waals surface area contributed by atoms with Gasteiger partial charge in [0.2, 0.25) is 0 Å². The molecule has 0 heterocycles. The summed E-state index contributed by atoms with van der Waals surface area (Å²) in [6.07, 6.45) is 17.1. The Bertz CT molecular complexity index is 896. The molecule has 0 aliphatic rings. The summed E-state index contributed by atoms with van der Waals surface area (Å²) in [6, 6.07) is 18.6. The van der Waals surface area contributed by atoms with Crippen LogP contribution in [0.5, 0.6) is 5.75 Å². The van der Waals surface area contributed by atoms with Crippen LogP contribution in [-0.2, 0) is 22.5 Å². The molecule has 0 saturated heterocycles. The van der Waals surface area contributed by atoms with Gasteiger partial charge in [-0.15, -0.1) is 0 Å². The maximum absolute atomic E-state index is 12.9. The van der Waals surface area contributed by atoms with Crippen LogP contribution in [0.2, 0.25) is 0 Å². The molecular weight excluding hydrogens is 482 g/mol. The number of para-hydroxylation sites is 1. The van der Waals surface area contributed by atoms with Gasteiger partial charge in [-0.2, -0.15) is 0 Å². The maximum Gasteiger partial charge on any atom is 0.364 e. The topological polar surface area (TPSA) is 35.5 Å². The van der Waals surface area contributed by atoms with Crippen LogP contribution in [0.25, 0.3) is 0 Å². The predicted octanol–water partition coefficient (Wildman–Crippen LogP) is 8.91. The van der Waals surface area contributed by atoms with Crippen molar-refractivity contribution in [2.75, 3.05) is 27.3 Å². The summed E-state index contributed by atoms with van der Waals surface area (Å²) in [4.78, 5) is 12.9. The van der Waals surface area contributed by atoms with Gasteiger partial charge in [0.05, 0.1) is 27.3 Å². The normalized spacial score (nSPS) is 12.3. The summed E-state index contributed by atoms with van der Waals surface area (Å²) >= 11 is 0. The van der Waals surface area contributed by atoms with Gasteiger partial charge in [-0.05, 0) is 37.3 Å². The zero-order valence-corrected chi connectivity index (χ0v) is 25.5. The second-order valence-corrected chi connectivity index (χ2v) is 11.6. The first-order chi connectivity index (χ1) is 19.0. The number of aryl methyl sites for hydroxylation is 1. The number of rotatable bonds is 22. The average molecular weight is 539 g/mol. The van der Waals surface area contributed by atoms with Crippen LogP contribution < -0.4 is 4.74 Å². The van der Waals surface area contributed by atoms with Crippen LogP contribution in [0.1, 0.15) is 108 Å². The van der Waals surface area contributed by atoms with Crippen LogP contribution in [0.15, 0.2) is 54.6 Å². The van der Waals surface area contributed by atoms with Crippen LogP contribution in [-0.4, -0.2) is 43.8 Å². The van der Waals surface area contributed by atoms with E-state index in [4.69, 9.17) is 9.47 Å². The fourth-order valence-electron chi connectivity index (χ4n) is 5.42. The van der Waals surface area contributed by atoms with Gasteiger partial charge in [-0.25, -0.2) is 4.79 Å². The van der Waals surface area contributed by atoms with E-state index in [0.29, 0.717) is 17.7 Å². The third-order valence-electron chi connectivity index (χ3n) is 7.75. The van der Waals surface area contributed by atoms with E-state index in [1.807, 2.05) is 18.2 Å². The molecular formula is C35H56NO3+. The standard InChI is InChI=1S/C35H56NO3/c1-5-7-8-9-10-11-12-13-14-18-25-32-26-19-20-27-34(32)38-28-21-22-29-39-35(37)33(6-2)36(3,4)30-31-23-16-15-17-24-31/h15-17,19-20,23-24,26-27,33H,5-14,18,21-22,25,28-30H2,1-4H3/q+1. The van der Waals surface area contributed by atoms with Gasteiger partial charge in [0.1, 0.15) is 12.3 Å². The van der Waals surface area contributed by atoms with Gasteiger partial charge in [0, 0.05) is 12.0 Å². The smallest absolute Gasteiger partial charge is 0.364 e. The highest BCUT2D eigenvalue weighted by Gasteiger charge is 2.34. The van der Waals surface area contributed by atoms with Gasteiger partial charge in [0.25, 0.3) is 0 Å². The summed E-state index contributed by atoms with van der Waals surface area (Å²) in [6.45, 7) is 6.25. The van der Waals surface area contributed by atoms with Crippen LogP contribution in [0.4, 0.5) is 0 Å². The van der Waals surface area contributed by atoms with Crippen molar-refractivity contribution in [1.82, 2.24) is 0 Å². The van der Waals surface area contributed by atoms with Gasteiger partial charge in [0.15, 0.2) is 6.04 Å². The quantitative estimate of drug-likeness (QED) is 0.0853. The SMILES string of the molecule is CCCCCCCCCCCCc1ccccc1OCCCCOC(=O)C(CC)[N+](C)(C)Cc1ccccc1. The van der Waals surface area contributed by atoms with Crippen molar-refractivity contribution >= 4 is 5.97 Å². The van der Waals surface area contributed by atoms with E-state index in [0.717, 1.165) is 38.0 Å². The summed E-state index contributed by atoms with van der Waals surface area (Å²) < 4.78 is 12.4. The lowest BCUT2D eigenvalue weighted by molar-refractivity contribution is -0.919. The van der Waals surface area contributed by atoms with E-state index in [1.54, 1.807) is 0 Å². The minimum Gasteiger partial charge on any atom is -0.493 e. The number of carbonyl (C=O) groups excluding carboxylic acids is 1. The van der Waals surface area contributed by atoms with Crippen molar-refractivity contribution < 1.29 is 18.8 Å². The number of likely N-dealkylation sites (N-methyl/N-ethyl adjacent to an activating group) is 1. The number of quaternary nitrogens is 1. The van der Waals surface area contributed by atoms with E-state index in [1.165, 1.54) is 75.3 Å². The molecule has 2 rings (SSSR count). The van der Waals surface area contributed by atoms with E-state index < -0.39 is 0 Å². The van der Waals surface area contributed by atoms with Gasteiger partial charge < -0.3 is 14.0 Å². The summed E-state index contributed by atoms with van der Waals surface area (Å²) in [5.41, 5.74) is 2.55. The zero-order chi connectivity index (χ0) is 28.2. The summed E-state index contributed by atoms with van der Waals surface area (Å²) in [5, 5.41) is 0. The molecule has 218 valence electrons. The molecule has 4 heteroatoms. The number of ether oxygens (including phenoxy) is 2. The molecule has 0 aliphatic carbocycles. The highest BCUT2D eigenvalue weighted by molar-refractivity contribution is 5.74. The first-order valence-electron chi connectivity index (χ1n) is 15.7. The zero-order valence-electron chi connectivity index (χ0n) is 25.5. The lowest BCUT2D eigenvalue weighted by Crippen LogP contribution is -2.52. The first-order valence-corrected chi connectivity index (χ1v) is 15.7.